The number of rotatable bonds is 2. The van der Waals surface area contributed by atoms with Crippen molar-refractivity contribution in [2.24, 2.45) is 0 Å². The minimum Gasteiger partial charge on any atom is -0.296 e. The number of carbonyl (C=O) groups is 2. The van der Waals surface area contributed by atoms with Crippen LogP contribution >= 0.6 is 0 Å². The highest BCUT2D eigenvalue weighted by Gasteiger charge is 2.15. The average molecular weight is 249 g/mol. The second-order valence-corrected chi connectivity index (χ2v) is 4.25. The van der Waals surface area contributed by atoms with Crippen molar-refractivity contribution < 1.29 is 9.59 Å². The summed E-state index contributed by atoms with van der Waals surface area (Å²) in [6.45, 7) is 0. The van der Waals surface area contributed by atoms with Gasteiger partial charge in [0.05, 0.1) is 11.2 Å². The lowest BCUT2D eigenvalue weighted by Crippen LogP contribution is -2.14. The number of nitrogens with zero attached hydrogens (tertiary/aromatic N) is 1. The zero-order chi connectivity index (χ0) is 13.2. The molecule has 3 heteroatoms. The first-order chi connectivity index (χ1) is 9.31. The van der Waals surface area contributed by atoms with Crippen LogP contribution in [0.5, 0.6) is 0 Å². The number of hydrogen-bond acceptors (Lipinski definition) is 2. The number of hydrogen-bond donors (Lipinski definition) is 0. The molecule has 0 amide bonds. The average Bonchev–Trinajstić information content (AvgIpc) is 2.86. The molecule has 0 bridgehead atoms. The Kier molecular flexibility index (Phi) is 2.72. The Morgan fingerprint density at radius 1 is 0.947 bits per heavy atom. The van der Waals surface area contributed by atoms with Crippen molar-refractivity contribution in [3.63, 3.8) is 0 Å². The Morgan fingerprint density at radius 3 is 2.37 bits per heavy atom. The van der Waals surface area contributed by atoms with Gasteiger partial charge in [-0.2, -0.15) is 0 Å². The fourth-order valence-electron chi connectivity index (χ4n) is 2.20. The first-order valence-electron chi connectivity index (χ1n) is 5.96. The van der Waals surface area contributed by atoms with Crippen molar-refractivity contribution in [3.05, 3.63) is 71.9 Å². The summed E-state index contributed by atoms with van der Waals surface area (Å²) in [6, 6.07) is 18.1. The van der Waals surface area contributed by atoms with Crippen molar-refractivity contribution in [2.45, 2.75) is 0 Å². The summed E-state index contributed by atoms with van der Waals surface area (Å²) in [6.07, 6.45) is 0.709. The molecule has 0 spiro atoms. The molecule has 0 aliphatic heterocycles. The van der Waals surface area contributed by atoms with Gasteiger partial charge >= 0.3 is 0 Å². The van der Waals surface area contributed by atoms with Crippen LogP contribution in [0.25, 0.3) is 10.9 Å². The monoisotopic (exact) mass is 249 g/mol. The Bertz CT molecular complexity index is 757. The molecule has 1 heterocycles. The van der Waals surface area contributed by atoms with Crippen molar-refractivity contribution >= 4 is 23.1 Å². The number of benzene rings is 2. The lowest BCUT2D eigenvalue weighted by Gasteiger charge is -2.06. The Morgan fingerprint density at radius 2 is 1.63 bits per heavy atom. The van der Waals surface area contributed by atoms with Gasteiger partial charge in [-0.25, -0.2) is 0 Å². The van der Waals surface area contributed by atoms with Crippen molar-refractivity contribution in [2.75, 3.05) is 0 Å². The van der Waals surface area contributed by atoms with E-state index in [-0.39, 0.29) is 5.91 Å². The van der Waals surface area contributed by atoms with Crippen molar-refractivity contribution in [3.8, 4) is 0 Å². The van der Waals surface area contributed by atoms with Gasteiger partial charge in [-0.15, -0.1) is 0 Å². The number of carbonyl (C=O) groups excluding carboxylic acids is 2. The fourth-order valence-corrected chi connectivity index (χ4v) is 2.20. The molecule has 19 heavy (non-hydrogen) atoms. The van der Waals surface area contributed by atoms with Crippen LogP contribution in [0, 0.1) is 0 Å². The van der Waals surface area contributed by atoms with E-state index < -0.39 is 0 Å². The second-order valence-electron chi connectivity index (χ2n) is 4.25. The zero-order valence-corrected chi connectivity index (χ0v) is 10.1. The summed E-state index contributed by atoms with van der Waals surface area (Å²) in [4.78, 5) is 23.7. The molecule has 0 aliphatic carbocycles. The molecule has 92 valence electrons. The van der Waals surface area contributed by atoms with E-state index in [2.05, 4.69) is 0 Å². The topological polar surface area (TPSA) is 39.1 Å². The molecule has 0 saturated heterocycles. The van der Waals surface area contributed by atoms with Crippen molar-refractivity contribution in [1.82, 2.24) is 4.57 Å². The molecule has 0 N–H and O–H groups in total. The van der Waals surface area contributed by atoms with E-state index in [1.54, 1.807) is 30.3 Å². The predicted octanol–water partition coefficient (Wildman–Crippen LogP) is 3.14. The van der Waals surface area contributed by atoms with Gasteiger partial charge in [-0.05, 0) is 24.3 Å². The van der Waals surface area contributed by atoms with Crippen LogP contribution in [0.2, 0.25) is 0 Å². The van der Waals surface area contributed by atoms with Gasteiger partial charge in [0.2, 0.25) is 0 Å². The summed E-state index contributed by atoms with van der Waals surface area (Å²) in [7, 11) is 0. The van der Waals surface area contributed by atoms with Gasteiger partial charge in [0.15, 0.2) is 6.29 Å². The highest BCUT2D eigenvalue weighted by Crippen LogP contribution is 2.20. The minimum absolute atomic E-state index is 0.191. The summed E-state index contributed by atoms with van der Waals surface area (Å²) in [5, 5.41) is 0.883. The predicted molar refractivity (Wildman–Crippen MR) is 73.5 cm³/mol. The van der Waals surface area contributed by atoms with E-state index in [0.29, 0.717) is 17.5 Å². The maximum Gasteiger partial charge on any atom is 0.262 e. The first kappa shape index (κ1) is 11.4. The molecule has 0 radical (unpaired) electrons. The Hall–Kier alpha value is -2.68. The molecule has 0 atom stereocenters. The largest absolute Gasteiger partial charge is 0.296 e. The van der Waals surface area contributed by atoms with Gasteiger partial charge in [0.1, 0.15) is 0 Å². The maximum atomic E-state index is 12.5. The van der Waals surface area contributed by atoms with E-state index in [1.807, 2.05) is 30.3 Å². The van der Waals surface area contributed by atoms with Crippen LogP contribution in [0.4, 0.5) is 0 Å². The van der Waals surface area contributed by atoms with Crippen LogP contribution in [0.15, 0.2) is 60.7 Å². The van der Waals surface area contributed by atoms with Crippen LogP contribution in [0.1, 0.15) is 20.8 Å². The lowest BCUT2D eigenvalue weighted by molar-refractivity contribution is 0.0951. The summed E-state index contributed by atoms with van der Waals surface area (Å²) >= 11 is 0. The Labute approximate surface area is 110 Å². The van der Waals surface area contributed by atoms with Crippen LogP contribution < -0.4 is 0 Å². The highest BCUT2D eigenvalue weighted by atomic mass is 16.2. The van der Waals surface area contributed by atoms with Crippen LogP contribution in [0.3, 0.4) is 0 Å². The summed E-state index contributed by atoms with van der Waals surface area (Å²) in [5.74, 6) is -0.191. The van der Waals surface area contributed by atoms with Gasteiger partial charge in [0.25, 0.3) is 5.91 Å². The molecule has 0 unspecified atom stereocenters. The molecule has 0 fully saturated rings. The highest BCUT2D eigenvalue weighted by molar-refractivity contribution is 6.06. The summed E-state index contributed by atoms with van der Waals surface area (Å²) in [5.41, 5.74) is 1.68. The fraction of sp³-hybridized carbons (Fsp3) is 0. The second kappa shape index (κ2) is 4.53. The van der Waals surface area contributed by atoms with Gasteiger partial charge in [-0.1, -0.05) is 36.4 Å². The number of aromatic nitrogens is 1. The van der Waals surface area contributed by atoms with Gasteiger partial charge in [0, 0.05) is 10.9 Å². The number of aldehydes is 1. The van der Waals surface area contributed by atoms with Gasteiger partial charge < -0.3 is 0 Å². The molecule has 2 aromatic carbocycles. The first-order valence-corrected chi connectivity index (χ1v) is 5.96. The molecule has 0 aliphatic rings. The van der Waals surface area contributed by atoms with Crippen molar-refractivity contribution in [1.29, 1.82) is 0 Å². The quantitative estimate of drug-likeness (QED) is 0.654. The van der Waals surface area contributed by atoms with E-state index in [0.717, 1.165) is 10.9 Å². The molecule has 1 aromatic heterocycles. The van der Waals surface area contributed by atoms with E-state index >= 15 is 0 Å². The van der Waals surface area contributed by atoms with E-state index in [9.17, 15) is 9.59 Å². The minimum atomic E-state index is -0.191. The van der Waals surface area contributed by atoms with Gasteiger partial charge in [-0.3, -0.25) is 14.2 Å². The molecule has 3 aromatic rings. The maximum absolute atomic E-state index is 12.5. The van der Waals surface area contributed by atoms with Crippen LogP contribution in [-0.2, 0) is 0 Å². The summed E-state index contributed by atoms with van der Waals surface area (Å²) < 4.78 is 1.46. The normalized spacial score (nSPS) is 10.5. The van der Waals surface area contributed by atoms with E-state index in [1.165, 1.54) is 4.57 Å². The van der Waals surface area contributed by atoms with Crippen LogP contribution in [-0.4, -0.2) is 16.8 Å². The third kappa shape index (κ3) is 1.85. The molecule has 3 nitrogen and oxygen atoms in total. The zero-order valence-electron chi connectivity index (χ0n) is 10.1. The molecular formula is C16H11NO2. The SMILES string of the molecule is O=Cc1cc2ccccc2n1C(=O)c1ccccc1. The number of para-hydroxylation sites is 1. The third-order valence-corrected chi connectivity index (χ3v) is 3.08. The van der Waals surface area contributed by atoms with E-state index in [4.69, 9.17) is 0 Å². The smallest absolute Gasteiger partial charge is 0.262 e. The number of fused-ring (bicyclic) bond motifs is 1. The molecule has 0 saturated carbocycles. The standard InChI is InChI=1S/C16H11NO2/c18-11-14-10-13-8-4-5-9-15(13)17(14)16(19)12-6-2-1-3-7-12/h1-11H. The third-order valence-electron chi connectivity index (χ3n) is 3.08. The molecule has 3 rings (SSSR count). The Balaban J connectivity index is 2.24. The molecular weight excluding hydrogens is 238 g/mol. The lowest BCUT2D eigenvalue weighted by atomic mass is 10.2.